The molecule has 9 heteroatoms. The summed E-state index contributed by atoms with van der Waals surface area (Å²) < 4.78 is 8.06. The van der Waals surface area contributed by atoms with E-state index in [0.29, 0.717) is 26.7 Å². The first-order chi connectivity index (χ1) is 16.8. The Morgan fingerprint density at radius 1 is 1.00 bits per heavy atom. The molecule has 3 aromatic carbocycles. The van der Waals surface area contributed by atoms with E-state index < -0.39 is 0 Å². The summed E-state index contributed by atoms with van der Waals surface area (Å²) >= 11 is 13.5. The summed E-state index contributed by atoms with van der Waals surface area (Å²) in [5.41, 5.74) is 4.60. The van der Waals surface area contributed by atoms with Crippen molar-refractivity contribution < 1.29 is 9.53 Å². The number of benzene rings is 3. The lowest BCUT2D eigenvalue weighted by molar-refractivity contribution is -0.113. The maximum Gasteiger partial charge on any atom is 0.234 e. The minimum Gasteiger partial charge on any atom is -0.485 e. The zero-order valence-corrected chi connectivity index (χ0v) is 21.8. The summed E-state index contributed by atoms with van der Waals surface area (Å²) in [5.74, 6) is 1.35. The molecule has 6 nitrogen and oxygen atoms in total. The van der Waals surface area contributed by atoms with Crippen LogP contribution in [0.2, 0.25) is 10.0 Å². The number of hydrogen-bond acceptors (Lipinski definition) is 5. The second-order valence-electron chi connectivity index (χ2n) is 8.04. The Morgan fingerprint density at radius 2 is 1.71 bits per heavy atom. The number of thioether (sulfide) groups is 1. The van der Waals surface area contributed by atoms with E-state index in [0.717, 1.165) is 28.1 Å². The van der Waals surface area contributed by atoms with Crippen LogP contribution in [-0.4, -0.2) is 26.4 Å². The Balaban J connectivity index is 1.55. The van der Waals surface area contributed by atoms with Crippen LogP contribution in [0.3, 0.4) is 0 Å². The highest BCUT2D eigenvalue weighted by Gasteiger charge is 2.18. The number of anilines is 1. The van der Waals surface area contributed by atoms with Crippen molar-refractivity contribution in [1.29, 1.82) is 0 Å². The second kappa shape index (κ2) is 11.2. The normalized spacial score (nSPS) is 10.9. The van der Waals surface area contributed by atoms with Crippen molar-refractivity contribution in [2.24, 2.45) is 0 Å². The molecule has 0 aliphatic heterocycles. The number of aryl methyl sites for hydroxylation is 3. The quantitative estimate of drug-likeness (QED) is 0.255. The number of carbonyl (C=O) groups excluding carboxylic acids is 1. The van der Waals surface area contributed by atoms with Gasteiger partial charge in [0.1, 0.15) is 12.4 Å². The standard InChI is InChI=1S/C26H24Cl2N4O2S/c1-16-7-10-20(11-8-16)32-23(14-34-25-17(2)5-4-6-18(25)3)30-31-26(32)35-15-24(33)29-22-13-19(27)9-12-21(22)28/h4-13H,14-15H2,1-3H3,(H,29,33). The van der Waals surface area contributed by atoms with Crippen LogP contribution in [0, 0.1) is 20.8 Å². The van der Waals surface area contributed by atoms with Crippen LogP contribution in [0.15, 0.2) is 65.8 Å². The van der Waals surface area contributed by atoms with Gasteiger partial charge in [0.25, 0.3) is 0 Å². The molecule has 0 saturated heterocycles. The number of nitrogens with one attached hydrogen (secondary N) is 1. The van der Waals surface area contributed by atoms with Crippen molar-refractivity contribution in [3.63, 3.8) is 0 Å². The van der Waals surface area contributed by atoms with Gasteiger partial charge in [-0.05, 0) is 62.2 Å². The number of hydrogen-bond donors (Lipinski definition) is 1. The lowest BCUT2D eigenvalue weighted by Crippen LogP contribution is -2.15. The minimum absolute atomic E-state index is 0.116. The number of carbonyl (C=O) groups is 1. The molecule has 1 amide bonds. The molecule has 4 rings (SSSR count). The molecule has 0 saturated carbocycles. The molecule has 0 spiro atoms. The number of rotatable bonds is 8. The van der Waals surface area contributed by atoms with Crippen molar-refractivity contribution in [3.05, 3.63) is 93.2 Å². The molecule has 0 aliphatic rings. The maximum absolute atomic E-state index is 12.6. The Bertz CT molecular complexity index is 1340. The van der Waals surface area contributed by atoms with Crippen LogP contribution in [0.5, 0.6) is 5.75 Å². The lowest BCUT2D eigenvalue weighted by atomic mass is 10.1. The third-order valence-corrected chi connectivity index (χ3v) is 6.78. The fourth-order valence-corrected chi connectivity index (χ4v) is 4.62. The Labute approximate surface area is 218 Å². The summed E-state index contributed by atoms with van der Waals surface area (Å²) in [5, 5.41) is 13.0. The molecule has 180 valence electrons. The molecular formula is C26H24Cl2N4O2S. The summed E-state index contributed by atoms with van der Waals surface area (Å²) in [6, 6.07) is 19.0. The van der Waals surface area contributed by atoms with Crippen molar-refractivity contribution in [1.82, 2.24) is 14.8 Å². The average molecular weight is 527 g/mol. The molecule has 1 heterocycles. The fraction of sp³-hybridized carbons (Fsp3) is 0.192. The van der Waals surface area contributed by atoms with Gasteiger partial charge in [-0.25, -0.2) is 0 Å². The molecule has 0 radical (unpaired) electrons. The average Bonchev–Trinajstić information content (AvgIpc) is 3.23. The smallest absolute Gasteiger partial charge is 0.234 e. The number of halogens is 2. The zero-order chi connectivity index (χ0) is 24.9. The largest absolute Gasteiger partial charge is 0.485 e. The zero-order valence-electron chi connectivity index (χ0n) is 19.5. The van der Waals surface area contributed by atoms with Crippen molar-refractivity contribution in [3.8, 4) is 11.4 Å². The molecule has 4 aromatic rings. The lowest BCUT2D eigenvalue weighted by Gasteiger charge is -2.14. The fourth-order valence-electron chi connectivity index (χ4n) is 3.51. The highest BCUT2D eigenvalue weighted by molar-refractivity contribution is 7.99. The molecular weight excluding hydrogens is 503 g/mol. The molecule has 0 fully saturated rings. The van der Waals surface area contributed by atoms with Crippen molar-refractivity contribution in [2.45, 2.75) is 32.5 Å². The van der Waals surface area contributed by atoms with E-state index in [1.807, 2.05) is 67.8 Å². The third kappa shape index (κ3) is 6.17. The van der Waals surface area contributed by atoms with E-state index in [2.05, 4.69) is 15.5 Å². The predicted octanol–water partition coefficient (Wildman–Crippen LogP) is 6.81. The molecule has 0 bridgehead atoms. The van der Waals surface area contributed by atoms with Crippen molar-refractivity contribution >= 4 is 46.6 Å². The number of aromatic nitrogens is 3. The van der Waals surface area contributed by atoms with E-state index in [-0.39, 0.29) is 18.3 Å². The monoisotopic (exact) mass is 526 g/mol. The first-order valence-corrected chi connectivity index (χ1v) is 12.6. The Kier molecular flexibility index (Phi) is 8.00. The third-order valence-electron chi connectivity index (χ3n) is 5.28. The SMILES string of the molecule is Cc1ccc(-n2c(COc3c(C)cccc3C)nnc2SCC(=O)Nc2cc(Cl)ccc2Cl)cc1. The summed E-state index contributed by atoms with van der Waals surface area (Å²) in [6.45, 7) is 6.29. The maximum atomic E-state index is 12.6. The number of ether oxygens (including phenoxy) is 1. The Morgan fingerprint density at radius 3 is 2.43 bits per heavy atom. The van der Waals surface area contributed by atoms with E-state index in [9.17, 15) is 4.79 Å². The predicted molar refractivity (Wildman–Crippen MR) is 142 cm³/mol. The summed E-state index contributed by atoms with van der Waals surface area (Å²) in [6.07, 6.45) is 0. The Hall–Kier alpha value is -3.00. The van der Waals surface area contributed by atoms with E-state index >= 15 is 0 Å². The highest BCUT2D eigenvalue weighted by Crippen LogP contribution is 2.28. The van der Waals surface area contributed by atoms with Crippen LogP contribution in [-0.2, 0) is 11.4 Å². The van der Waals surface area contributed by atoms with Gasteiger partial charge in [0, 0.05) is 10.7 Å². The van der Waals surface area contributed by atoms with Gasteiger partial charge < -0.3 is 10.1 Å². The van der Waals surface area contributed by atoms with Gasteiger partial charge in [0.2, 0.25) is 5.91 Å². The van der Waals surface area contributed by atoms with Gasteiger partial charge in [-0.2, -0.15) is 0 Å². The van der Waals surface area contributed by atoms with E-state index in [1.54, 1.807) is 18.2 Å². The number of para-hydroxylation sites is 1. The van der Waals surface area contributed by atoms with Gasteiger partial charge in [0.05, 0.1) is 16.5 Å². The minimum atomic E-state index is -0.231. The van der Waals surface area contributed by atoms with Gasteiger partial charge in [0.15, 0.2) is 11.0 Å². The van der Waals surface area contributed by atoms with Crippen LogP contribution in [0.25, 0.3) is 5.69 Å². The first-order valence-electron chi connectivity index (χ1n) is 10.9. The van der Waals surface area contributed by atoms with Gasteiger partial charge in [-0.1, -0.05) is 70.9 Å². The highest BCUT2D eigenvalue weighted by atomic mass is 35.5. The van der Waals surface area contributed by atoms with Crippen LogP contribution < -0.4 is 10.1 Å². The molecule has 0 atom stereocenters. The van der Waals surface area contributed by atoms with Crippen LogP contribution in [0.4, 0.5) is 5.69 Å². The van der Waals surface area contributed by atoms with Gasteiger partial charge in [-0.3, -0.25) is 9.36 Å². The second-order valence-corrected chi connectivity index (χ2v) is 9.83. The van der Waals surface area contributed by atoms with E-state index in [1.165, 1.54) is 11.8 Å². The summed E-state index contributed by atoms with van der Waals surface area (Å²) in [7, 11) is 0. The van der Waals surface area contributed by atoms with Gasteiger partial charge >= 0.3 is 0 Å². The number of nitrogens with zero attached hydrogens (tertiary/aromatic N) is 3. The number of amides is 1. The molecule has 35 heavy (non-hydrogen) atoms. The molecule has 0 unspecified atom stereocenters. The van der Waals surface area contributed by atoms with Crippen LogP contribution >= 0.6 is 35.0 Å². The first kappa shape index (κ1) is 25.1. The molecule has 1 N–H and O–H groups in total. The van der Waals surface area contributed by atoms with Gasteiger partial charge in [-0.15, -0.1) is 10.2 Å². The topological polar surface area (TPSA) is 69.0 Å². The van der Waals surface area contributed by atoms with E-state index in [4.69, 9.17) is 27.9 Å². The van der Waals surface area contributed by atoms with Crippen molar-refractivity contribution in [2.75, 3.05) is 11.1 Å². The van der Waals surface area contributed by atoms with Crippen LogP contribution in [0.1, 0.15) is 22.5 Å². The molecule has 0 aliphatic carbocycles. The summed E-state index contributed by atoms with van der Waals surface area (Å²) in [4.78, 5) is 12.6. The molecule has 1 aromatic heterocycles.